The average molecular weight is 256 g/mol. The molecule has 0 aliphatic carbocycles. The molecule has 2 N–H and O–H groups in total. The largest absolute Gasteiger partial charge is 0.508 e. The Morgan fingerprint density at radius 3 is 2.11 bits per heavy atom. The van der Waals surface area contributed by atoms with E-state index in [1.54, 1.807) is 12.1 Å². The summed E-state index contributed by atoms with van der Waals surface area (Å²) < 4.78 is 4.44. The van der Waals surface area contributed by atoms with Gasteiger partial charge in [0.05, 0.1) is 5.56 Å². The van der Waals surface area contributed by atoms with E-state index in [0.717, 1.165) is 0 Å². The monoisotopic (exact) mass is 256 g/mol. The molecule has 0 atom stereocenters. The zero-order chi connectivity index (χ0) is 13.6. The molecule has 2 aromatic carbocycles. The van der Waals surface area contributed by atoms with Crippen LogP contribution in [0.15, 0.2) is 36.4 Å². The number of phenols is 2. The molecule has 3 rings (SSSR count). The number of carbonyl (C=O) groups excluding carboxylic acids is 2. The van der Waals surface area contributed by atoms with Crippen LogP contribution < -0.4 is 0 Å². The van der Waals surface area contributed by atoms with Crippen LogP contribution in [0.4, 0.5) is 0 Å². The summed E-state index contributed by atoms with van der Waals surface area (Å²) in [5.74, 6) is -1.80. The van der Waals surface area contributed by atoms with Crippen LogP contribution in [0, 0.1) is 0 Å². The third kappa shape index (κ3) is 1.63. The predicted octanol–water partition coefficient (Wildman–Crippen LogP) is 2.08. The maximum Gasteiger partial charge on any atom is 0.350 e. The first-order valence-corrected chi connectivity index (χ1v) is 5.50. The molecule has 0 unspecified atom stereocenters. The van der Waals surface area contributed by atoms with Gasteiger partial charge in [0, 0.05) is 5.56 Å². The molecular formula is C14H8O5. The highest BCUT2D eigenvalue weighted by Gasteiger charge is 2.33. The predicted molar refractivity (Wildman–Crippen MR) is 65.0 cm³/mol. The van der Waals surface area contributed by atoms with Crippen molar-refractivity contribution < 1.29 is 24.5 Å². The third-order valence-electron chi connectivity index (χ3n) is 2.97. The lowest BCUT2D eigenvalue weighted by atomic mass is 9.98. The lowest BCUT2D eigenvalue weighted by Crippen LogP contribution is -1.97. The number of carbonyl (C=O) groups is 2. The second-order valence-electron chi connectivity index (χ2n) is 4.11. The Hall–Kier alpha value is -2.82. The van der Waals surface area contributed by atoms with E-state index in [1.165, 1.54) is 24.3 Å². The van der Waals surface area contributed by atoms with Gasteiger partial charge in [0.15, 0.2) is 0 Å². The number of rotatable bonds is 1. The van der Waals surface area contributed by atoms with Gasteiger partial charge in [-0.1, -0.05) is 12.1 Å². The second-order valence-corrected chi connectivity index (χ2v) is 4.11. The molecule has 1 heterocycles. The summed E-state index contributed by atoms with van der Waals surface area (Å²) in [7, 11) is 0. The SMILES string of the molecule is O=C1OC(=O)c2c1ccc(-c1ccc(O)cc1)c2O. The highest BCUT2D eigenvalue weighted by molar-refractivity contribution is 6.17. The Morgan fingerprint density at radius 2 is 1.42 bits per heavy atom. The molecule has 5 heteroatoms. The smallest absolute Gasteiger partial charge is 0.350 e. The number of esters is 2. The van der Waals surface area contributed by atoms with Crippen molar-refractivity contribution in [1.82, 2.24) is 0 Å². The van der Waals surface area contributed by atoms with E-state index >= 15 is 0 Å². The normalized spacial score (nSPS) is 13.3. The number of hydrogen-bond donors (Lipinski definition) is 2. The number of cyclic esters (lactones) is 2. The van der Waals surface area contributed by atoms with Crippen molar-refractivity contribution in [2.24, 2.45) is 0 Å². The molecular weight excluding hydrogens is 248 g/mol. The van der Waals surface area contributed by atoms with Gasteiger partial charge in [0.1, 0.15) is 17.1 Å². The van der Waals surface area contributed by atoms with Crippen molar-refractivity contribution in [2.75, 3.05) is 0 Å². The van der Waals surface area contributed by atoms with E-state index in [0.29, 0.717) is 11.1 Å². The zero-order valence-electron chi connectivity index (χ0n) is 9.58. The van der Waals surface area contributed by atoms with Crippen LogP contribution >= 0.6 is 0 Å². The van der Waals surface area contributed by atoms with Crippen molar-refractivity contribution in [3.05, 3.63) is 47.5 Å². The number of phenolic OH excluding ortho intramolecular Hbond substituents is 2. The summed E-state index contributed by atoms with van der Waals surface area (Å²) in [5, 5.41) is 19.3. The molecule has 0 aromatic heterocycles. The van der Waals surface area contributed by atoms with Crippen LogP contribution in [0.2, 0.25) is 0 Å². The molecule has 1 aliphatic heterocycles. The van der Waals surface area contributed by atoms with Crippen molar-refractivity contribution >= 4 is 11.9 Å². The van der Waals surface area contributed by atoms with E-state index in [2.05, 4.69) is 4.74 Å². The fraction of sp³-hybridized carbons (Fsp3) is 0. The fourth-order valence-corrected chi connectivity index (χ4v) is 2.03. The molecule has 0 radical (unpaired) electrons. The summed E-state index contributed by atoms with van der Waals surface area (Å²) >= 11 is 0. The first-order chi connectivity index (χ1) is 9.08. The number of hydrogen-bond acceptors (Lipinski definition) is 5. The lowest BCUT2D eigenvalue weighted by molar-refractivity contribution is 0.0443. The highest BCUT2D eigenvalue weighted by Crippen LogP contribution is 2.37. The maximum atomic E-state index is 11.5. The van der Waals surface area contributed by atoms with Gasteiger partial charge in [-0.25, -0.2) is 9.59 Å². The minimum Gasteiger partial charge on any atom is -0.508 e. The van der Waals surface area contributed by atoms with Gasteiger partial charge >= 0.3 is 11.9 Å². The van der Waals surface area contributed by atoms with Gasteiger partial charge in [-0.15, -0.1) is 0 Å². The quantitative estimate of drug-likeness (QED) is 0.602. The molecule has 1 aliphatic rings. The fourth-order valence-electron chi connectivity index (χ4n) is 2.03. The standard InChI is InChI=1S/C14H8O5/c15-8-3-1-7(2-4-8)9-5-6-10-11(12(9)16)14(18)19-13(10)17/h1-6,15-16H. The van der Waals surface area contributed by atoms with Crippen LogP contribution in [0.5, 0.6) is 11.5 Å². The zero-order valence-corrected chi connectivity index (χ0v) is 9.58. The third-order valence-corrected chi connectivity index (χ3v) is 2.97. The second kappa shape index (κ2) is 3.84. The number of aromatic hydroxyl groups is 2. The van der Waals surface area contributed by atoms with Crippen molar-refractivity contribution in [3.8, 4) is 22.6 Å². The summed E-state index contributed by atoms with van der Waals surface area (Å²) in [4.78, 5) is 22.8. The minimum atomic E-state index is -0.849. The summed E-state index contributed by atoms with van der Waals surface area (Å²) in [6, 6.07) is 9.08. The number of ether oxygens (including phenoxy) is 1. The van der Waals surface area contributed by atoms with E-state index < -0.39 is 11.9 Å². The summed E-state index contributed by atoms with van der Waals surface area (Å²) in [6.45, 7) is 0. The van der Waals surface area contributed by atoms with Crippen LogP contribution in [-0.2, 0) is 4.74 Å². The molecule has 94 valence electrons. The molecule has 19 heavy (non-hydrogen) atoms. The Morgan fingerprint density at radius 1 is 0.789 bits per heavy atom. The van der Waals surface area contributed by atoms with Crippen molar-refractivity contribution in [3.63, 3.8) is 0 Å². The Bertz CT molecular complexity index is 701. The van der Waals surface area contributed by atoms with Crippen molar-refractivity contribution in [2.45, 2.75) is 0 Å². The Balaban J connectivity index is 2.20. The minimum absolute atomic E-state index is 0.0602. The average Bonchev–Trinajstić information content (AvgIpc) is 2.67. The van der Waals surface area contributed by atoms with Gasteiger partial charge in [0.2, 0.25) is 0 Å². The van der Waals surface area contributed by atoms with Gasteiger partial charge < -0.3 is 14.9 Å². The molecule has 0 spiro atoms. The topological polar surface area (TPSA) is 83.8 Å². The number of benzene rings is 2. The Kier molecular flexibility index (Phi) is 2.28. The first-order valence-electron chi connectivity index (χ1n) is 5.50. The van der Waals surface area contributed by atoms with E-state index in [9.17, 15) is 19.8 Å². The molecule has 2 aromatic rings. The van der Waals surface area contributed by atoms with Crippen LogP contribution in [-0.4, -0.2) is 22.2 Å². The van der Waals surface area contributed by atoms with Crippen LogP contribution in [0.3, 0.4) is 0 Å². The molecule has 5 nitrogen and oxygen atoms in total. The highest BCUT2D eigenvalue weighted by atomic mass is 16.6. The molecule has 0 fully saturated rings. The van der Waals surface area contributed by atoms with E-state index in [-0.39, 0.29) is 22.6 Å². The van der Waals surface area contributed by atoms with Gasteiger partial charge in [0.25, 0.3) is 0 Å². The van der Waals surface area contributed by atoms with E-state index in [4.69, 9.17) is 0 Å². The summed E-state index contributed by atoms with van der Waals surface area (Å²) in [6.07, 6.45) is 0. The van der Waals surface area contributed by atoms with Crippen LogP contribution in [0.25, 0.3) is 11.1 Å². The number of fused-ring (bicyclic) bond motifs is 1. The molecule has 0 amide bonds. The van der Waals surface area contributed by atoms with Gasteiger partial charge in [-0.05, 0) is 29.8 Å². The van der Waals surface area contributed by atoms with Gasteiger partial charge in [-0.3, -0.25) is 0 Å². The van der Waals surface area contributed by atoms with Crippen molar-refractivity contribution in [1.29, 1.82) is 0 Å². The van der Waals surface area contributed by atoms with Crippen LogP contribution in [0.1, 0.15) is 20.7 Å². The van der Waals surface area contributed by atoms with Gasteiger partial charge in [-0.2, -0.15) is 0 Å². The maximum absolute atomic E-state index is 11.5. The molecule has 0 saturated carbocycles. The summed E-state index contributed by atoms with van der Waals surface area (Å²) in [5.41, 5.74) is 0.955. The Labute approximate surface area is 107 Å². The first kappa shape index (κ1) is 11.3. The lowest BCUT2D eigenvalue weighted by Gasteiger charge is -2.07. The molecule has 0 saturated heterocycles. The van der Waals surface area contributed by atoms with E-state index in [1.807, 2.05) is 0 Å². The molecule has 0 bridgehead atoms.